The molecule has 1 rings (SSSR count). The molecule has 0 heterocycles. The van der Waals surface area contributed by atoms with Gasteiger partial charge in [0.15, 0.2) is 6.10 Å². The largest absolute Gasteiger partial charge is 0.497 e. The predicted molar refractivity (Wildman–Crippen MR) is 65.9 cm³/mol. The van der Waals surface area contributed by atoms with Gasteiger partial charge in [-0.1, -0.05) is 25.5 Å². The lowest BCUT2D eigenvalue weighted by atomic mass is 10.1. The Balaban J connectivity index is 2.55. The number of aliphatic hydroxyl groups is 1. The van der Waals surface area contributed by atoms with Gasteiger partial charge in [0, 0.05) is 6.54 Å². The van der Waals surface area contributed by atoms with Gasteiger partial charge in [0.05, 0.1) is 7.11 Å². The van der Waals surface area contributed by atoms with Crippen molar-refractivity contribution in [1.82, 2.24) is 5.32 Å². The molecule has 17 heavy (non-hydrogen) atoms. The van der Waals surface area contributed by atoms with Crippen LogP contribution in [-0.2, 0) is 4.79 Å². The standard InChI is InChI=1S/C13H19NO3/c1-3-4-9-14-13(16)12(15)10-5-7-11(17-2)8-6-10/h5-8,12,15H,3-4,9H2,1-2H3,(H,14,16). The molecule has 0 fully saturated rings. The first-order chi connectivity index (χ1) is 8.19. The van der Waals surface area contributed by atoms with Crippen LogP contribution in [0.5, 0.6) is 5.75 Å². The Labute approximate surface area is 102 Å². The van der Waals surface area contributed by atoms with E-state index in [2.05, 4.69) is 5.32 Å². The van der Waals surface area contributed by atoms with Crippen molar-refractivity contribution in [3.8, 4) is 5.75 Å². The number of unbranched alkanes of at least 4 members (excludes halogenated alkanes) is 1. The predicted octanol–water partition coefficient (Wildman–Crippen LogP) is 1.64. The SMILES string of the molecule is CCCCNC(=O)C(O)c1ccc(OC)cc1. The van der Waals surface area contributed by atoms with Crippen molar-refractivity contribution < 1.29 is 14.6 Å². The maximum Gasteiger partial charge on any atom is 0.253 e. The van der Waals surface area contributed by atoms with Crippen LogP contribution in [0.25, 0.3) is 0 Å². The second-order valence-electron chi connectivity index (χ2n) is 3.82. The first-order valence-corrected chi connectivity index (χ1v) is 5.78. The van der Waals surface area contributed by atoms with Gasteiger partial charge < -0.3 is 15.2 Å². The Bertz CT molecular complexity index is 348. The van der Waals surface area contributed by atoms with E-state index in [1.54, 1.807) is 31.4 Å². The van der Waals surface area contributed by atoms with Crippen LogP contribution in [0.1, 0.15) is 31.4 Å². The molecule has 0 saturated heterocycles. The molecule has 2 N–H and O–H groups in total. The third kappa shape index (κ3) is 4.07. The second-order valence-corrected chi connectivity index (χ2v) is 3.82. The van der Waals surface area contributed by atoms with E-state index in [0.717, 1.165) is 12.8 Å². The minimum absolute atomic E-state index is 0.358. The van der Waals surface area contributed by atoms with Gasteiger partial charge in [-0.05, 0) is 24.1 Å². The molecule has 0 bridgehead atoms. The first-order valence-electron chi connectivity index (χ1n) is 5.78. The number of hydrogen-bond acceptors (Lipinski definition) is 3. The van der Waals surface area contributed by atoms with Crippen molar-refractivity contribution in [3.05, 3.63) is 29.8 Å². The zero-order valence-corrected chi connectivity index (χ0v) is 10.3. The molecule has 0 aliphatic carbocycles. The Kier molecular flexibility index (Phi) is 5.49. The molecule has 0 radical (unpaired) electrons. The van der Waals surface area contributed by atoms with Crippen molar-refractivity contribution in [1.29, 1.82) is 0 Å². The van der Waals surface area contributed by atoms with Gasteiger partial charge in [0.1, 0.15) is 5.75 Å². The monoisotopic (exact) mass is 237 g/mol. The number of rotatable bonds is 6. The van der Waals surface area contributed by atoms with E-state index in [-0.39, 0.29) is 5.91 Å². The highest BCUT2D eigenvalue weighted by atomic mass is 16.5. The van der Waals surface area contributed by atoms with Crippen molar-refractivity contribution in [2.75, 3.05) is 13.7 Å². The molecule has 1 amide bonds. The summed E-state index contributed by atoms with van der Waals surface area (Å²) < 4.78 is 5.01. The molecule has 4 nitrogen and oxygen atoms in total. The Morgan fingerprint density at radius 2 is 2.06 bits per heavy atom. The fourth-order valence-electron chi connectivity index (χ4n) is 1.42. The number of amides is 1. The average Bonchev–Trinajstić information content (AvgIpc) is 2.38. The quantitative estimate of drug-likeness (QED) is 0.739. The van der Waals surface area contributed by atoms with Crippen LogP contribution < -0.4 is 10.1 Å². The highest BCUT2D eigenvalue weighted by molar-refractivity contribution is 5.81. The maximum atomic E-state index is 11.6. The summed E-state index contributed by atoms with van der Waals surface area (Å²) in [6, 6.07) is 6.81. The number of aliphatic hydroxyl groups excluding tert-OH is 1. The molecule has 1 aromatic rings. The lowest BCUT2D eigenvalue weighted by Gasteiger charge is -2.11. The van der Waals surface area contributed by atoms with E-state index < -0.39 is 6.10 Å². The smallest absolute Gasteiger partial charge is 0.253 e. The fraction of sp³-hybridized carbons (Fsp3) is 0.462. The highest BCUT2D eigenvalue weighted by Crippen LogP contribution is 2.17. The van der Waals surface area contributed by atoms with E-state index in [1.807, 2.05) is 6.92 Å². The van der Waals surface area contributed by atoms with Crippen molar-refractivity contribution in [2.24, 2.45) is 0 Å². The van der Waals surface area contributed by atoms with Gasteiger partial charge in [-0.25, -0.2) is 0 Å². The topological polar surface area (TPSA) is 58.6 Å². The summed E-state index contributed by atoms with van der Waals surface area (Å²) in [5.41, 5.74) is 0.569. The Morgan fingerprint density at radius 3 is 2.59 bits per heavy atom. The minimum atomic E-state index is -1.11. The first kappa shape index (κ1) is 13.5. The van der Waals surface area contributed by atoms with Crippen molar-refractivity contribution >= 4 is 5.91 Å². The average molecular weight is 237 g/mol. The van der Waals surface area contributed by atoms with E-state index in [9.17, 15) is 9.90 Å². The van der Waals surface area contributed by atoms with Gasteiger partial charge in [-0.2, -0.15) is 0 Å². The Morgan fingerprint density at radius 1 is 1.41 bits per heavy atom. The number of nitrogens with one attached hydrogen (secondary N) is 1. The van der Waals surface area contributed by atoms with Crippen molar-refractivity contribution in [3.63, 3.8) is 0 Å². The molecular weight excluding hydrogens is 218 g/mol. The minimum Gasteiger partial charge on any atom is -0.497 e. The summed E-state index contributed by atoms with van der Waals surface area (Å²) in [4.78, 5) is 11.6. The van der Waals surface area contributed by atoms with E-state index in [4.69, 9.17) is 4.74 Å². The van der Waals surface area contributed by atoms with Crippen LogP contribution in [0, 0.1) is 0 Å². The van der Waals surface area contributed by atoms with Gasteiger partial charge in [-0.15, -0.1) is 0 Å². The van der Waals surface area contributed by atoms with Crippen LogP contribution in [0.2, 0.25) is 0 Å². The molecule has 0 saturated carbocycles. The number of carbonyl (C=O) groups excluding carboxylic acids is 1. The lowest BCUT2D eigenvalue weighted by Crippen LogP contribution is -2.30. The summed E-state index contributed by atoms with van der Waals surface area (Å²) in [6.45, 7) is 2.65. The number of hydrogen-bond donors (Lipinski definition) is 2. The molecule has 0 aliphatic heterocycles. The third-order valence-electron chi connectivity index (χ3n) is 2.51. The number of ether oxygens (including phenoxy) is 1. The van der Waals surface area contributed by atoms with Gasteiger partial charge >= 0.3 is 0 Å². The molecule has 4 heteroatoms. The van der Waals surface area contributed by atoms with E-state index in [0.29, 0.717) is 17.9 Å². The normalized spacial score (nSPS) is 11.9. The van der Waals surface area contributed by atoms with Crippen LogP contribution in [-0.4, -0.2) is 24.7 Å². The van der Waals surface area contributed by atoms with Crippen LogP contribution in [0.3, 0.4) is 0 Å². The van der Waals surface area contributed by atoms with Gasteiger partial charge in [0.2, 0.25) is 0 Å². The Hall–Kier alpha value is -1.55. The highest BCUT2D eigenvalue weighted by Gasteiger charge is 2.16. The number of methoxy groups -OCH3 is 1. The zero-order valence-electron chi connectivity index (χ0n) is 10.3. The molecule has 94 valence electrons. The zero-order chi connectivity index (χ0) is 12.7. The van der Waals surface area contributed by atoms with Crippen molar-refractivity contribution in [2.45, 2.75) is 25.9 Å². The van der Waals surface area contributed by atoms with Gasteiger partial charge in [0.25, 0.3) is 5.91 Å². The number of benzene rings is 1. The second kappa shape index (κ2) is 6.91. The lowest BCUT2D eigenvalue weighted by molar-refractivity contribution is -0.129. The molecule has 0 aliphatic rings. The molecule has 0 spiro atoms. The summed E-state index contributed by atoms with van der Waals surface area (Å²) in [5, 5.41) is 12.5. The van der Waals surface area contributed by atoms with Crippen LogP contribution in [0.4, 0.5) is 0 Å². The van der Waals surface area contributed by atoms with Crippen LogP contribution >= 0.6 is 0 Å². The van der Waals surface area contributed by atoms with Crippen LogP contribution in [0.15, 0.2) is 24.3 Å². The summed E-state index contributed by atoms with van der Waals surface area (Å²) >= 11 is 0. The molecule has 1 atom stereocenters. The van der Waals surface area contributed by atoms with E-state index >= 15 is 0 Å². The summed E-state index contributed by atoms with van der Waals surface area (Å²) in [7, 11) is 1.57. The number of carbonyl (C=O) groups is 1. The fourth-order valence-corrected chi connectivity index (χ4v) is 1.42. The summed E-state index contributed by atoms with van der Waals surface area (Å²) in [6.07, 6.45) is 0.817. The third-order valence-corrected chi connectivity index (χ3v) is 2.51. The maximum absolute atomic E-state index is 11.6. The van der Waals surface area contributed by atoms with E-state index in [1.165, 1.54) is 0 Å². The summed E-state index contributed by atoms with van der Waals surface area (Å²) in [5.74, 6) is 0.343. The molecular formula is C13H19NO3. The molecule has 0 aromatic heterocycles. The molecule has 1 aromatic carbocycles. The molecule has 1 unspecified atom stereocenters. The van der Waals surface area contributed by atoms with Gasteiger partial charge in [-0.3, -0.25) is 4.79 Å².